The van der Waals surface area contributed by atoms with Crippen molar-refractivity contribution >= 4 is 5.91 Å². The number of nitrogens with zero attached hydrogens (tertiary/aromatic N) is 3. The number of aliphatic hydroxyl groups is 1. The minimum absolute atomic E-state index is 0.105. The van der Waals surface area contributed by atoms with Gasteiger partial charge in [-0.2, -0.15) is 9.90 Å². The Hall–Kier alpha value is -2.28. The van der Waals surface area contributed by atoms with E-state index in [0.717, 1.165) is 6.42 Å². The van der Waals surface area contributed by atoms with E-state index >= 15 is 0 Å². The van der Waals surface area contributed by atoms with Crippen LogP contribution < -0.4 is 5.32 Å². The number of aromatic nitrogens is 3. The zero-order valence-electron chi connectivity index (χ0n) is 13.9. The van der Waals surface area contributed by atoms with E-state index < -0.39 is 0 Å². The minimum atomic E-state index is -0.344. The SMILES string of the molecule is CC(C)CC(CCO)CNC(=O)c1cnn(-c2ccc(F)cc2)n1. The third-order valence-electron chi connectivity index (χ3n) is 3.68. The topological polar surface area (TPSA) is 80.0 Å². The molecule has 1 aromatic heterocycles. The third kappa shape index (κ3) is 5.13. The highest BCUT2D eigenvalue weighted by molar-refractivity contribution is 5.91. The number of halogens is 1. The van der Waals surface area contributed by atoms with E-state index in [1.807, 2.05) is 0 Å². The van der Waals surface area contributed by atoms with Crippen molar-refractivity contribution in [1.29, 1.82) is 0 Å². The van der Waals surface area contributed by atoms with Gasteiger partial charge in [0.2, 0.25) is 0 Å². The van der Waals surface area contributed by atoms with Crippen molar-refractivity contribution in [3.8, 4) is 5.69 Å². The van der Waals surface area contributed by atoms with Crippen LogP contribution in [0.4, 0.5) is 4.39 Å². The van der Waals surface area contributed by atoms with Gasteiger partial charge in [0.05, 0.1) is 11.9 Å². The summed E-state index contributed by atoms with van der Waals surface area (Å²) < 4.78 is 12.9. The quantitative estimate of drug-likeness (QED) is 0.775. The lowest BCUT2D eigenvalue weighted by Gasteiger charge is -2.18. The molecule has 0 aliphatic heterocycles. The summed E-state index contributed by atoms with van der Waals surface area (Å²) in [5.41, 5.74) is 0.778. The Morgan fingerprint density at radius 2 is 2.04 bits per heavy atom. The number of aliphatic hydroxyl groups excluding tert-OH is 1. The van der Waals surface area contributed by atoms with E-state index in [0.29, 0.717) is 24.6 Å². The third-order valence-corrected chi connectivity index (χ3v) is 3.68. The first-order chi connectivity index (χ1) is 11.5. The van der Waals surface area contributed by atoms with Crippen molar-refractivity contribution in [3.63, 3.8) is 0 Å². The summed E-state index contributed by atoms with van der Waals surface area (Å²) in [4.78, 5) is 13.5. The highest BCUT2D eigenvalue weighted by Crippen LogP contribution is 2.14. The molecule has 130 valence electrons. The Bertz CT molecular complexity index is 655. The highest BCUT2D eigenvalue weighted by atomic mass is 19.1. The lowest BCUT2D eigenvalue weighted by atomic mass is 9.94. The van der Waals surface area contributed by atoms with Gasteiger partial charge >= 0.3 is 0 Å². The molecule has 2 aromatic rings. The van der Waals surface area contributed by atoms with Crippen LogP contribution in [0.1, 0.15) is 37.2 Å². The van der Waals surface area contributed by atoms with E-state index in [1.54, 1.807) is 0 Å². The lowest BCUT2D eigenvalue weighted by molar-refractivity contribution is 0.0936. The maximum Gasteiger partial charge on any atom is 0.273 e. The van der Waals surface area contributed by atoms with Crippen LogP contribution in [0.15, 0.2) is 30.5 Å². The van der Waals surface area contributed by atoms with E-state index in [2.05, 4.69) is 29.4 Å². The predicted octanol–water partition coefficient (Wildman–Crippen LogP) is 2.18. The van der Waals surface area contributed by atoms with E-state index in [4.69, 9.17) is 5.11 Å². The van der Waals surface area contributed by atoms with Gasteiger partial charge in [-0.3, -0.25) is 4.79 Å². The number of rotatable bonds is 8. The van der Waals surface area contributed by atoms with Gasteiger partial charge in [-0.25, -0.2) is 4.39 Å². The van der Waals surface area contributed by atoms with Crippen LogP contribution in [-0.4, -0.2) is 39.2 Å². The Morgan fingerprint density at radius 1 is 1.33 bits per heavy atom. The zero-order chi connectivity index (χ0) is 17.5. The summed E-state index contributed by atoms with van der Waals surface area (Å²) in [5.74, 6) is 0.0721. The van der Waals surface area contributed by atoms with Crippen molar-refractivity contribution in [1.82, 2.24) is 20.3 Å². The first-order valence-electron chi connectivity index (χ1n) is 8.07. The molecule has 1 amide bonds. The van der Waals surface area contributed by atoms with Crippen LogP contribution in [-0.2, 0) is 0 Å². The number of carbonyl (C=O) groups excluding carboxylic acids is 1. The average Bonchev–Trinajstić information content (AvgIpc) is 3.03. The summed E-state index contributed by atoms with van der Waals surface area (Å²) in [6.07, 6.45) is 2.96. The van der Waals surface area contributed by atoms with Gasteiger partial charge in [0.15, 0.2) is 5.69 Å². The molecular weight excluding hydrogens is 311 g/mol. The smallest absolute Gasteiger partial charge is 0.273 e. The van der Waals surface area contributed by atoms with Gasteiger partial charge in [0.25, 0.3) is 5.91 Å². The summed E-state index contributed by atoms with van der Waals surface area (Å²) in [7, 11) is 0. The molecule has 0 saturated heterocycles. The molecule has 0 aliphatic carbocycles. The number of amides is 1. The largest absolute Gasteiger partial charge is 0.396 e. The van der Waals surface area contributed by atoms with Gasteiger partial charge < -0.3 is 10.4 Å². The number of benzene rings is 1. The second-order valence-corrected chi connectivity index (χ2v) is 6.21. The molecule has 6 nitrogen and oxygen atoms in total. The van der Waals surface area contributed by atoms with Crippen LogP contribution in [0.25, 0.3) is 5.69 Å². The maximum atomic E-state index is 12.9. The number of carbonyl (C=O) groups is 1. The van der Waals surface area contributed by atoms with E-state index in [1.165, 1.54) is 35.3 Å². The number of hydrogen-bond donors (Lipinski definition) is 2. The fraction of sp³-hybridized carbons (Fsp3) is 0.471. The summed E-state index contributed by atoms with van der Waals surface area (Å²) >= 11 is 0. The Balaban J connectivity index is 1.96. The zero-order valence-corrected chi connectivity index (χ0v) is 13.9. The summed E-state index contributed by atoms with van der Waals surface area (Å²) in [6, 6.07) is 5.70. The van der Waals surface area contributed by atoms with Crippen molar-refractivity contribution in [2.45, 2.75) is 26.7 Å². The molecule has 0 spiro atoms. The lowest BCUT2D eigenvalue weighted by Crippen LogP contribution is -2.30. The normalized spacial score (nSPS) is 12.4. The van der Waals surface area contributed by atoms with Crippen LogP contribution in [0.5, 0.6) is 0 Å². The van der Waals surface area contributed by atoms with Crippen LogP contribution >= 0.6 is 0 Å². The molecule has 1 atom stereocenters. The fourth-order valence-electron chi connectivity index (χ4n) is 2.55. The van der Waals surface area contributed by atoms with Gasteiger partial charge in [0, 0.05) is 13.2 Å². The van der Waals surface area contributed by atoms with E-state index in [-0.39, 0.29) is 29.9 Å². The molecule has 2 rings (SSSR count). The van der Waals surface area contributed by atoms with Gasteiger partial charge in [0.1, 0.15) is 5.82 Å². The van der Waals surface area contributed by atoms with Gasteiger partial charge in [-0.1, -0.05) is 13.8 Å². The second kappa shape index (κ2) is 8.54. The molecule has 1 unspecified atom stereocenters. The van der Waals surface area contributed by atoms with Crippen LogP contribution in [0.2, 0.25) is 0 Å². The number of hydrogen-bond acceptors (Lipinski definition) is 4. The fourth-order valence-corrected chi connectivity index (χ4v) is 2.55. The molecular formula is C17H23FN4O2. The Labute approximate surface area is 140 Å². The summed E-state index contributed by atoms with van der Waals surface area (Å²) in [5, 5.41) is 20.1. The van der Waals surface area contributed by atoms with Crippen molar-refractivity contribution < 1.29 is 14.3 Å². The summed E-state index contributed by atoms with van der Waals surface area (Å²) in [6.45, 7) is 4.82. The molecule has 1 heterocycles. The van der Waals surface area contributed by atoms with Crippen LogP contribution in [0, 0.1) is 17.7 Å². The molecule has 2 N–H and O–H groups in total. The van der Waals surface area contributed by atoms with E-state index in [9.17, 15) is 9.18 Å². The van der Waals surface area contributed by atoms with Crippen molar-refractivity contribution in [2.24, 2.45) is 11.8 Å². The maximum absolute atomic E-state index is 12.9. The van der Waals surface area contributed by atoms with Crippen LogP contribution in [0.3, 0.4) is 0 Å². The molecule has 0 bridgehead atoms. The first-order valence-corrected chi connectivity index (χ1v) is 8.07. The molecule has 0 aliphatic rings. The number of nitrogens with one attached hydrogen (secondary N) is 1. The molecule has 1 aromatic carbocycles. The second-order valence-electron chi connectivity index (χ2n) is 6.21. The molecule has 0 fully saturated rings. The van der Waals surface area contributed by atoms with Crippen molar-refractivity contribution in [2.75, 3.05) is 13.2 Å². The highest BCUT2D eigenvalue weighted by Gasteiger charge is 2.15. The monoisotopic (exact) mass is 334 g/mol. The standard InChI is InChI=1S/C17H23FN4O2/c1-12(2)9-13(7-8-23)10-19-17(24)16-11-20-22(21-16)15-5-3-14(18)4-6-15/h3-6,11-13,23H,7-10H2,1-2H3,(H,19,24). The Kier molecular flexibility index (Phi) is 6.43. The van der Waals surface area contributed by atoms with Crippen molar-refractivity contribution in [3.05, 3.63) is 42.0 Å². The predicted molar refractivity (Wildman–Crippen MR) is 88.3 cm³/mol. The molecule has 24 heavy (non-hydrogen) atoms. The van der Waals surface area contributed by atoms with Gasteiger partial charge in [-0.15, -0.1) is 5.10 Å². The van der Waals surface area contributed by atoms with Gasteiger partial charge in [-0.05, 0) is 48.9 Å². The first kappa shape index (κ1) is 18.1. The Morgan fingerprint density at radius 3 is 2.67 bits per heavy atom. The average molecular weight is 334 g/mol. The molecule has 0 radical (unpaired) electrons. The minimum Gasteiger partial charge on any atom is -0.396 e. The molecule has 7 heteroatoms. The molecule has 0 saturated carbocycles.